The van der Waals surface area contributed by atoms with Gasteiger partial charge >= 0.3 is 5.97 Å². The molecule has 0 spiro atoms. The molecule has 3 nitrogen and oxygen atoms in total. The van der Waals surface area contributed by atoms with E-state index in [-0.39, 0.29) is 11.6 Å². The zero-order valence-electron chi connectivity index (χ0n) is 7.12. The van der Waals surface area contributed by atoms with Crippen molar-refractivity contribution >= 4 is 5.97 Å². The summed E-state index contributed by atoms with van der Waals surface area (Å²) in [6, 6.07) is 3.20. The molecule has 0 fully saturated rings. The summed E-state index contributed by atoms with van der Waals surface area (Å²) in [5.41, 5.74) is 5.90. The highest BCUT2D eigenvalue weighted by Gasteiger charge is 2.08. The summed E-state index contributed by atoms with van der Waals surface area (Å²) in [5, 5.41) is 8.61. The fourth-order valence-corrected chi connectivity index (χ4v) is 0.999. The highest BCUT2D eigenvalue weighted by atomic mass is 19.1. The van der Waals surface area contributed by atoms with Gasteiger partial charge in [-0.3, -0.25) is 0 Å². The van der Waals surface area contributed by atoms with Gasteiger partial charge in [0.2, 0.25) is 0 Å². The number of halogens is 1. The molecule has 70 valence electrons. The minimum Gasteiger partial charge on any atom is -0.478 e. The van der Waals surface area contributed by atoms with Crippen LogP contribution in [0, 0.1) is 5.82 Å². The van der Waals surface area contributed by atoms with Gasteiger partial charge in [-0.1, -0.05) is 0 Å². The normalized spacial score (nSPS) is 12.5. The van der Waals surface area contributed by atoms with Crippen LogP contribution in [-0.4, -0.2) is 11.1 Å². The van der Waals surface area contributed by atoms with Crippen molar-refractivity contribution in [2.24, 2.45) is 5.73 Å². The van der Waals surface area contributed by atoms with E-state index in [4.69, 9.17) is 10.8 Å². The number of hydrogen-bond acceptors (Lipinski definition) is 2. The summed E-state index contributed by atoms with van der Waals surface area (Å²) in [4.78, 5) is 10.5. The lowest BCUT2D eigenvalue weighted by Gasteiger charge is -2.06. The number of nitrogens with two attached hydrogens (primary N) is 1. The lowest BCUT2D eigenvalue weighted by Crippen LogP contribution is -2.07. The molecule has 0 amide bonds. The first-order valence-corrected chi connectivity index (χ1v) is 3.80. The Kier molecular flexibility index (Phi) is 2.63. The Labute approximate surface area is 75.0 Å². The Morgan fingerprint density at radius 3 is 2.62 bits per heavy atom. The molecule has 0 heterocycles. The average Bonchev–Trinajstić information content (AvgIpc) is 2.03. The van der Waals surface area contributed by atoms with Crippen molar-refractivity contribution in [1.82, 2.24) is 0 Å². The first-order valence-electron chi connectivity index (χ1n) is 3.80. The third-order valence-electron chi connectivity index (χ3n) is 1.69. The van der Waals surface area contributed by atoms with Crippen LogP contribution in [0.4, 0.5) is 4.39 Å². The van der Waals surface area contributed by atoms with Crippen LogP contribution in [0.3, 0.4) is 0 Å². The molecule has 1 rings (SSSR count). The first-order chi connectivity index (χ1) is 6.00. The summed E-state index contributed by atoms with van der Waals surface area (Å²) in [6.07, 6.45) is 0. The van der Waals surface area contributed by atoms with Crippen LogP contribution in [0.15, 0.2) is 18.2 Å². The molecule has 0 saturated carbocycles. The highest BCUT2D eigenvalue weighted by Crippen LogP contribution is 2.14. The van der Waals surface area contributed by atoms with Crippen molar-refractivity contribution in [3.8, 4) is 0 Å². The smallest absolute Gasteiger partial charge is 0.335 e. The van der Waals surface area contributed by atoms with Crippen LogP contribution in [0.1, 0.15) is 28.9 Å². The van der Waals surface area contributed by atoms with Crippen LogP contribution in [0.2, 0.25) is 0 Å². The van der Waals surface area contributed by atoms with Gasteiger partial charge in [0.1, 0.15) is 5.82 Å². The fraction of sp³-hybridized carbons (Fsp3) is 0.222. The van der Waals surface area contributed by atoms with Gasteiger partial charge < -0.3 is 10.8 Å². The number of carboxylic acid groups (broad SMARTS) is 1. The van der Waals surface area contributed by atoms with Crippen molar-refractivity contribution in [3.63, 3.8) is 0 Å². The molecule has 4 heteroatoms. The Bertz CT molecular complexity index is 336. The van der Waals surface area contributed by atoms with E-state index in [9.17, 15) is 9.18 Å². The molecule has 1 aromatic carbocycles. The molecule has 0 aromatic heterocycles. The summed E-state index contributed by atoms with van der Waals surface area (Å²) < 4.78 is 12.8. The van der Waals surface area contributed by atoms with E-state index in [1.54, 1.807) is 6.92 Å². The third kappa shape index (κ3) is 2.26. The van der Waals surface area contributed by atoms with E-state index in [1.807, 2.05) is 0 Å². The Hall–Kier alpha value is -1.42. The second kappa shape index (κ2) is 3.53. The van der Waals surface area contributed by atoms with Crippen molar-refractivity contribution < 1.29 is 14.3 Å². The SMILES string of the molecule is CC(N)c1cc(F)cc(C(=O)O)c1. The molecule has 13 heavy (non-hydrogen) atoms. The standard InChI is InChI=1S/C9H10FNO2/c1-5(11)6-2-7(9(12)13)4-8(10)3-6/h2-5H,11H2,1H3,(H,12,13). The number of carboxylic acids is 1. The van der Waals surface area contributed by atoms with Gasteiger partial charge in [-0.2, -0.15) is 0 Å². The minimum absolute atomic E-state index is 0.0766. The molecule has 0 aliphatic rings. The van der Waals surface area contributed by atoms with E-state index in [0.29, 0.717) is 5.56 Å². The molecule has 1 aromatic rings. The molecule has 1 unspecified atom stereocenters. The zero-order valence-corrected chi connectivity index (χ0v) is 7.12. The lowest BCUT2D eigenvalue weighted by molar-refractivity contribution is 0.0696. The average molecular weight is 183 g/mol. The highest BCUT2D eigenvalue weighted by molar-refractivity contribution is 5.87. The van der Waals surface area contributed by atoms with Crippen molar-refractivity contribution in [3.05, 3.63) is 35.1 Å². The third-order valence-corrected chi connectivity index (χ3v) is 1.69. The van der Waals surface area contributed by atoms with Crippen LogP contribution in [-0.2, 0) is 0 Å². The molecule has 0 bridgehead atoms. The van der Waals surface area contributed by atoms with Crippen molar-refractivity contribution in [2.45, 2.75) is 13.0 Å². The first kappa shape index (κ1) is 9.67. The van der Waals surface area contributed by atoms with Crippen molar-refractivity contribution in [2.75, 3.05) is 0 Å². The number of benzene rings is 1. The van der Waals surface area contributed by atoms with Gasteiger partial charge in [0, 0.05) is 6.04 Å². The molecular formula is C9H10FNO2. The van der Waals surface area contributed by atoms with E-state index >= 15 is 0 Å². The number of carbonyl (C=O) groups is 1. The minimum atomic E-state index is -1.15. The van der Waals surface area contributed by atoms with Gasteiger partial charge in [-0.05, 0) is 30.7 Å². The lowest BCUT2D eigenvalue weighted by atomic mass is 10.1. The summed E-state index contributed by atoms with van der Waals surface area (Å²) in [5.74, 6) is -1.73. The Balaban J connectivity index is 3.19. The van der Waals surface area contributed by atoms with E-state index in [0.717, 1.165) is 6.07 Å². The number of hydrogen-bond donors (Lipinski definition) is 2. The van der Waals surface area contributed by atoms with Gasteiger partial charge in [0.15, 0.2) is 0 Å². The van der Waals surface area contributed by atoms with Crippen LogP contribution in [0.5, 0.6) is 0 Å². The summed E-state index contributed by atoms with van der Waals surface area (Å²) in [7, 11) is 0. The topological polar surface area (TPSA) is 63.3 Å². The predicted octanol–water partition coefficient (Wildman–Crippen LogP) is 1.54. The van der Waals surface area contributed by atoms with Crippen LogP contribution >= 0.6 is 0 Å². The molecule has 0 aliphatic heterocycles. The predicted molar refractivity (Wildman–Crippen MR) is 46.0 cm³/mol. The fourth-order valence-electron chi connectivity index (χ4n) is 0.999. The molecule has 0 radical (unpaired) electrons. The molecule has 0 saturated heterocycles. The van der Waals surface area contributed by atoms with Crippen LogP contribution < -0.4 is 5.73 Å². The maximum atomic E-state index is 12.8. The zero-order chi connectivity index (χ0) is 10.0. The van der Waals surface area contributed by atoms with Crippen molar-refractivity contribution in [1.29, 1.82) is 0 Å². The molecule has 1 atom stereocenters. The van der Waals surface area contributed by atoms with Gasteiger partial charge in [-0.15, -0.1) is 0 Å². The van der Waals surface area contributed by atoms with Gasteiger partial charge in [-0.25, -0.2) is 9.18 Å². The van der Waals surface area contributed by atoms with E-state index in [2.05, 4.69) is 0 Å². The maximum Gasteiger partial charge on any atom is 0.335 e. The van der Waals surface area contributed by atoms with Gasteiger partial charge in [0.25, 0.3) is 0 Å². The second-order valence-electron chi connectivity index (χ2n) is 2.87. The Morgan fingerprint density at radius 1 is 1.54 bits per heavy atom. The summed E-state index contributed by atoms with van der Waals surface area (Å²) >= 11 is 0. The number of aromatic carboxylic acids is 1. The van der Waals surface area contributed by atoms with Gasteiger partial charge in [0.05, 0.1) is 5.56 Å². The summed E-state index contributed by atoms with van der Waals surface area (Å²) in [6.45, 7) is 1.67. The Morgan fingerprint density at radius 2 is 2.15 bits per heavy atom. The maximum absolute atomic E-state index is 12.8. The quantitative estimate of drug-likeness (QED) is 0.731. The van der Waals surface area contributed by atoms with E-state index < -0.39 is 11.8 Å². The molecule has 3 N–H and O–H groups in total. The molecular weight excluding hydrogens is 173 g/mol. The second-order valence-corrected chi connectivity index (χ2v) is 2.87. The molecule has 0 aliphatic carbocycles. The number of rotatable bonds is 2. The largest absolute Gasteiger partial charge is 0.478 e. The van der Waals surface area contributed by atoms with Crippen LogP contribution in [0.25, 0.3) is 0 Å². The van der Waals surface area contributed by atoms with E-state index in [1.165, 1.54) is 12.1 Å². The monoisotopic (exact) mass is 183 g/mol.